The highest BCUT2D eigenvalue weighted by Crippen LogP contribution is 2.31. The molecule has 4 nitrogen and oxygen atoms in total. The summed E-state index contributed by atoms with van der Waals surface area (Å²) in [4.78, 5) is 12.4. The van der Waals surface area contributed by atoms with Crippen LogP contribution < -0.4 is 10.6 Å². The van der Waals surface area contributed by atoms with Gasteiger partial charge in [-0.05, 0) is 42.8 Å². The number of thiocarbonyl (C=S) groups is 1. The normalized spacial score (nSPS) is 18.0. The molecule has 0 aromatic heterocycles. The standard InChI is InChI=1S/C16H19ClN2O2S/c1-4-21-15(20)12-13(9(2)3)18-16(22)19-14(12)10-5-7-11(17)8-6-10/h5-9,14H,4H2,1-3H3,(H2,18,19,22)/t14-/m0/s1. The van der Waals surface area contributed by atoms with Gasteiger partial charge < -0.3 is 15.4 Å². The number of esters is 1. The number of hydrogen-bond donors (Lipinski definition) is 2. The Hall–Kier alpha value is -1.59. The quantitative estimate of drug-likeness (QED) is 0.651. The maximum Gasteiger partial charge on any atom is 0.338 e. The molecular weight excluding hydrogens is 320 g/mol. The van der Waals surface area contributed by atoms with E-state index in [0.717, 1.165) is 11.3 Å². The number of carbonyl (C=O) groups is 1. The summed E-state index contributed by atoms with van der Waals surface area (Å²) >= 11 is 11.2. The molecule has 118 valence electrons. The lowest BCUT2D eigenvalue weighted by atomic mass is 9.91. The van der Waals surface area contributed by atoms with Gasteiger partial charge in [0, 0.05) is 10.7 Å². The predicted molar refractivity (Wildman–Crippen MR) is 91.6 cm³/mol. The lowest BCUT2D eigenvalue weighted by Gasteiger charge is -2.32. The van der Waals surface area contributed by atoms with Crippen LogP contribution in [0.4, 0.5) is 0 Å². The van der Waals surface area contributed by atoms with Crippen molar-refractivity contribution >= 4 is 34.9 Å². The van der Waals surface area contributed by atoms with E-state index in [1.54, 1.807) is 19.1 Å². The van der Waals surface area contributed by atoms with Gasteiger partial charge in [0.05, 0.1) is 18.2 Å². The monoisotopic (exact) mass is 338 g/mol. The number of allylic oxidation sites excluding steroid dienone is 1. The topological polar surface area (TPSA) is 50.4 Å². The second-order valence-corrected chi connectivity index (χ2v) is 6.13. The van der Waals surface area contributed by atoms with Gasteiger partial charge in [-0.1, -0.05) is 37.6 Å². The van der Waals surface area contributed by atoms with Crippen molar-refractivity contribution in [3.8, 4) is 0 Å². The number of rotatable bonds is 4. The number of nitrogens with one attached hydrogen (secondary N) is 2. The van der Waals surface area contributed by atoms with Gasteiger partial charge in [-0.3, -0.25) is 0 Å². The molecular formula is C16H19ClN2O2S. The summed E-state index contributed by atoms with van der Waals surface area (Å²) in [5, 5.41) is 7.38. The zero-order chi connectivity index (χ0) is 16.3. The van der Waals surface area contributed by atoms with Crippen LogP contribution >= 0.6 is 23.8 Å². The van der Waals surface area contributed by atoms with Crippen molar-refractivity contribution in [3.63, 3.8) is 0 Å². The number of benzene rings is 1. The van der Waals surface area contributed by atoms with Crippen molar-refractivity contribution < 1.29 is 9.53 Å². The molecule has 0 fully saturated rings. The molecule has 1 aliphatic heterocycles. The highest BCUT2D eigenvalue weighted by molar-refractivity contribution is 7.80. The summed E-state index contributed by atoms with van der Waals surface area (Å²) in [6.07, 6.45) is 0. The molecule has 0 unspecified atom stereocenters. The molecule has 1 aliphatic rings. The van der Waals surface area contributed by atoms with Crippen molar-refractivity contribution in [3.05, 3.63) is 46.1 Å². The predicted octanol–water partition coefficient (Wildman–Crippen LogP) is 3.33. The average Bonchev–Trinajstić information content (AvgIpc) is 2.47. The molecule has 0 saturated carbocycles. The summed E-state index contributed by atoms with van der Waals surface area (Å²) in [5.41, 5.74) is 2.27. The van der Waals surface area contributed by atoms with Crippen LogP contribution in [-0.4, -0.2) is 17.7 Å². The number of carbonyl (C=O) groups excluding carboxylic acids is 1. The van der Waals surface area contributed by atoms with Crippen LogP contribution in [0.5, 0.6) is 0 Å². The fourth-order valence-electron chi connectivity index (χ4n) is 2.38. The van der Waals surface area contributed by atoms with E-state index < -0.39 is 0 Å². The van der Waals surface area contributed by atoms with Gasteiger partial charge in [0.15, 0.2) is 5.11 Å². The summed E-state index contributed by atoms with van der Waals surface area (Å²) in [5.74, 6) is -0.220. The van der Waals surface area contributed by atoms with E-state index in [2.05, 4.69) is 10.6 Å². The smallest absolute Gasteiger partial charge is 0.338 e. The Balaban J connectivity index is 2.52. The number of halogens is 1. The first-order valence-corrected chi connectivity index (χ1v) is 7.96. The van der Waals surface area contributed by atoms with E-state index in [9.17, 15) is 4.79 Å². The molecule has 0 bridgehead atoms. The van der Waals surface area contributed by atoms with Gasteiger partial charge in [-0.25, -0.2) is 4.79 Å². The third kappa shape index (κ3) is 3.59. The Morgan fingerprint density at radius 1 is 1.36 bits per heavy atom. The van der Waals surface area contributed by atoms with Crippen LogP contribution in [0.25, 0.3) is 0 Å². The Morgan fingerprint density at radius 2 is 2.00 bits per heavy atom. The van der Waals surface area contributed by atoms with E-state index in [-0.39, 0.29) is 17.9 Å². The molecule has 6 heteroatoms. The first kappa shape index (κ1) is 16.8. The second kappa shape index (κ2) is 7.11. The summed E-state index contributed by atoms with van der Waals surface area (Å²) in [6, 6.07) is 7.00. The lowest BCUT2D eigenvalue weighted by molar-refractivity contribution is -0.139. The van der Waals surface area contributed by atoms with Crippen LogP contribution in [0.1, 0.15) is 32.4 Å². The Labute approximate surface area is 140 Å². The van der Waals surface area contributed by atoms with E-state index in [1.165, 1.54) is 0 Å². The molecule has 0 aliphatic carbocycles. The molecule has 1 aromatic rings. The van der Waals surface area contributed by atoms with Crippen molar-refractivity contribution in [2.24, 2.45) is 5.92 Å². The minimum absolute atomic E-state index is 0.120. The summed E-state index contributed by atoms with van der Waals surface area (Å²) in [6.45, 7) is 6.13. The van der Waals surface area contributed by atoms with Gasteiger partial charge in [-0.15, -0.1) is 0 Å². The molecule has 0 saturated heterocycles. The van der Waals surface area contributed by atoms with Crippen LogP contribution in [0.3, 0.4) is 0 Å². The molecule has 22 heavy (non-hydrogen) atoms. The van der Waals surface area contributed by atoms with Crippen molar-refractivity contribution in [2.45, 2.75) is 26.8 Å². The second-order valence-electron chi connectivity index (χ2n) is 5.29. The largest absolute Gasteiger partial charge is 0.463 e. The van der Waals surface area contributed by atoms with E-state index in [0.29, 0.717) is 22.3 Å². The molecule has 2 rings (SSSR count). The fourth-order valence-corrected chi connectivity index (χ4v) is 2.74. The molecule has 1 aromatic carbocycles. The van der Waals surface area contributed by atoms with Crippen LogP contribution in [0, 0.1) is 5.92 Å². The Bertz CT molecular complexity index is 611. The molecule has 2 N–H and O–H groups in total. The van der Waals surface area contributed by atoms with Gasteiger partial charge >= 0.3 is 5.97 Å². The zero-order valence-electron chi connectivity index (χ0n) is 12.8. The minimum atomic E-state index is -0.345. The maximum absolute atomic E-state index is 12.4. The number of hydrogen-bond acceptors (Lipinski definition) is 3. The highest BCUT2D eigenvalue weighted by Gasteiger charge is 2.33. The van der Waals surface area contributed by atoms with Crippen molar-refractivity contribution in [1.29, 1.82) is 0 Å². The van der Waals surface area contributed by atoms with Crippen molar-refractivity contribution in [2.75, 3.05) is 6.61 Å². The van der Waals surface area contributed by atoms with Gasteiger partial charge in [0.25, 0.3) is 0 Å². The first-order valence-electron chi connectivity index (χ1n) is 7.18. The average molecular weight is 339 g/mol. The highest BCUT2D eigenvalue weighted by atomic mass is 35.5. The number of ether oxygens (including phenoxy) is 1. The zero-order valence-corrected chi connectivity index (χ0v) is 14.3. The van der Waals surface area contributed by atoms with E-state index >= 15 is 0 Å². The molecule has 0 amide bonds. The van der Waals surface area contributed by atoms with E-state index in [4.69, 9.17) is 28.6 Å². The van der Waals surface area contributed by atoms with E-state index in [1.807, 2.05) is 26.0 Å². The summed E-state index contributed by atoms with van der Waals surface area (Å²) < 4.78 is 5.23. The third-order valence-electron chi connectivity index (χ3n) is 3.38. The Morgan fingerprint density at radius 3 is 2.55 bits per heavy atom. The molecule has 0 spiro atoms. The lowest BCUT2D eigenvalue weighted by Crippen LogP contribution is -2.46. The molecule has 1 heterocycles. The summed E-state index contributed by atoms with van der Waals surface area (Å²) in [7, 11) is 0. The van der Waals surface area contributed by atoms with Gasteiger partial charge in [0.1, 0.15) is 0 Å². The van der Waals surface area contributed by atoms with Crippen molar-refractivity contribution in [1.82, 2.24) is 10.6 Å². The first-order chi connectivity index (χ1) is 10.4. The van der Waals surface area contributed by atoms with Gasteiger partial charge in [-0.2, -0.15) is 0 Å². The third-order valence-corrected chi connectivity index (χ3v) is 3.85. The van der Waals surface area contributed by atoms with Gasteiger partial charge in [0.2, 0.25) is 0 Å². The minimum Gasteiger partial charge on any atom is -0.463 e. The van der Waals surface area contributed by atoms with Crippen LogP contribution in [-0.2, 0) is 9.53 Å². The van der Waals surface area contributed by atoms with Crippen LogP contribution in [0.2, 0.25) is 5.02 Å². The molecule has 0 radical (unpaired) electrons. The maximum atomic E-state index is 12.4. The SMILES string of the molecule is CCOC(=O)C1=C(C(C)C)NC(=S)N[C@H]1c1ccc(Cl)cc1. The molecule has 1 atom stereocenters. The Kier molecular flexibility index (Phi) is 5.42. The fraction of sp³-hybridized carbons (Fsp3) is 0.375. The van der Waals surface area contributed by atoms with Crippen LogP contribution in [0.15, 0.2) is 35.5 Å².